The number of aliphatic hydroxyl groups is 2. The van der Waals surface area contributed by atoms with E-state index in [0.29, 0.717) is 16.7 Å². The molecule has 0 aliphatic carbocycles. The third kappa shape index (κ3) is 2.37. The van der Waals surface area contributed by atoms with Crippen LogP contribution in [0.15, 0.2) is 18.2 Å². The SMILES string of the molecule is Cc1cc(C(O)C(O)C(N)=O)ccc1C#N. The molecule has 0 saturated carbocycles. The van der Waals surface area contributed by atoms with Crippen molar-refractivity contribution in [3.8, 4) is 6.07 Å². The lowest BCUT2D eigenvalue weighted by atomic mass is 9.99. The zero-order valence-electron chi connectivity index (χ0n) is 8.71. The predicted octanol–water partition coefficient (Wildman–Crippen LogP) is -0.254. The van der Waals surface area contributed by atoms with Crippen molar-refractivity contribution in [1.82, 2.24) is 0 Å². The number of carbonyl (C=O) groups is 1. The fourth-order valence-corrected chi connectivity index (χ4v) is 1.33. The number of aryl methyl sites for hydroxylation is 1. The fourth-order valence-electron chi connectivity index (χ4n) is 1.33. The van der Waals surface area contributed by atoms with E-state index in [1.54, 1.807) is 6.92 Å². The molecule has 16 heavy (non-hydrogen) atoms. The summed E-state index contributed by atoms with van der Waals surface area (Å²) in [7, 11) is 0. The molecule has 5 nitrogen and oxygen atoms in total. The highest BCUT2D eigenvalue weighted by molar-refractivity contribution is 5.79. The van der Waals surface area contributed by atoms with E-state index < -0.39 is 18.1 Å². The number of primary amides is 1. The average Bonchev–Trinajstić information content (AvgIpc) is 2.26. The number of aliphatic hydroxyl groups excluding tert-OH is 2. The molecule has 1 rings (SSSR count). The smallest absolute Gasteiger partial charge is 0.249 e. The van der Waals surface area contributed by atoms with Gasteiger partial charge in [-0.05, 0) is 24.1 Å². The summed E-state index contributed by atoms with van der Waals surface area (Å²) in [6.07, 6.45) is -3.02. The van der Waals surface area contributed by atoms with E-state index in [0.717, 1.165) is 0 Å². The van der Waals surface area contributed by atoms with Crippen molar-refractivity contribution in [2.45, 2.75) is 19.1 Å². The third-order valence-electron chi connectivity index (χ3n) is 2.30. The number of benzene rings is 1. The Hall–Kier alpha value is -1.90. The topological polar surface area (TPSA) is 107 Å². The number of amides is 1. The van der Waals surface area contributed by atoms with Gasteiger partial charge in [0.05, 0.1) is 11.6 Å². The first-order chi connectivity index (χ1) is 7.47. The van der Waals surface area contributed by atoms with Gasteiger partial charge in [-0.1, -0.05) is 12.1 Å². The first-order valence-electron chi connectivity index (χ1n) is 4.63. The van der Waals surface area contributed by atoms with E-state index in [4.69, 9.17) is 11.0 Å². The maximum absolute atomic E-state index is 10.7. The molecule has 84 valence electrons. The third-order valence-corrected chi connectivity index (χ3v) is 2.30. The second kappa shape index (κ2) is 4.75. The van der Waals surface area contributed by atoms with Gasteiger partial charge in [-0.2, -0.15) is 5.26 Å². The van der Waals surface area contributed by atoms with Crippen molar-refractivity contribution in [2.75, 3.05) is 0 Å². The minimum atomic E-state index is -1.65. The quantitative estimate of drug-likeness (QED) is 0.652. The molecule has 2 atom stereocenters. The molecule has 0 saturated heterocycles. The summed E-state index contributed by atoms with van der Waals surface area (Å²) in [6.45, 7) is 1.70. The monoisotopic (exact) mass is 220 g/mol. The molecule has 5 heteroatoms. The van der Waals surface area contributed by atoms with Gasteiger partial charge in [0.1, 0.15) is 6.10 Å². The largest absolute Gasteiger partial charge is 0.385 e. The highest BCUT2D eigenvalue weighted by Gasteiger charge is 2.23. The lowest BCUT2D eigenvalue weighted by Gasteiger charge is -2.15. The normalized spacial score (nSPS) is 13.9. The van der Waals surface area contributed by atoms with Crippen LogP contribution in [0.25, 0.3) is 0 Å². The van der Waals surface area contributed by atoms with Crippen LogP contribution in [0.4, 0.5) is 0 Å². The van der Waals surface area contributed by atoms with Crippen molar-refractivity contribution in [3.63, 3.8) is 0 Å². The van der Waals surface area contributed by atoms with Crippen LogP contribution in [0.5, 0.6) is 0 Å². The molecule has 0 aliphatic rings. The molecule has 4 N–H and O–H groups in total. The van der Waals surface area contributed by atoms with Gasteiger partial charge in [0.2, 0.25) is 5.91 Å². The Kier molecular flexibility index (Phi) is 3.61. The van der Waals surface area contributed by atoms with Crippen LogP contribution >= 0.6 is 0 Å². The number of rotatable bonds is 3. The molecule has 1 amide bonds. The highest BCUT2D eigenvalue weighted by atomic mass is 16.3. The van der Waals surface area contributed by atoms with Crippen molar-refractivity contribution >= 4 is 5.91 Å². The zero-order chi connectivity index (χ0) is 12.3. The zero-order valence-corrected chi connectivity index (χ0v) is 8.71. The van der Waals surface area contributed by atoms with E-state index in [2.05, 4.69) is 0 Å². The van der Waals surface area contributed by atoms with Crippen molar-refractivity contribution in [1.29, 1.82) is 5.26 Å². The molecule has 0 fully saturated rings. The van der Waals surface area contributed by atoms with Crippen LogP contribution < -0.4 is 5.73 Å². The Balaban J connectivity index is 3.02. The summed E-state index contributed by atoms with van der Waals surface area (Å²) >= 11 is 0. The van der Waals surface area contributed by atoms with E-state index in [1.807, 2.05) is 6.07 Å². The number of carbonyl (C=O) groups excluding carboxylic acids is 1. The maximum atomic E-state index is 10.7. The minimum Gasteiger partial charge on any atom is -0.385 e. The minimum absolute atomic E-state index is 0.350. The molecule has 0 heterocycles. The second-order valence-electron chi connectivity index (χ2n) is 3.48. The van der Waals surface area contributed by atoms with Gasteiger partial charge in [0.25, 0.3) is 0 Å². The predicted molar refractivity (Wildman–Crippen MR) is 56.1 cm³/mol. The maximum Gasteiger partial charge on any atom is 0.249 e. The Morgan fingerprint density at radius 1 is 1.50 bits per heavy atom. The molecule has 0 aliphatic heterocycles. The first kappa shape index (κ1) is 12.2. The Labute approximate surface area is 92.7 Å². The molecule has 1 aromatic rings. The number of hydrogen-bond acceptors (Lipinski definition) is 4. The molecule has 0 spiro atoms. The molecule has 0 aromatic heterocycles. The van der Waals surface area contributed by atoms with Crippen LogP contribution in [0.1, 0.15) is 22.8 Å². The van der Waals surface area contributed by atoms with Crippen LogP contribution in [0.2, 0.25) is 0 Å². The van der Waals surface area contributed by atoms with E-state index in [1.165, 1.54) is 18.2 Å². The van der Waals surface area contributed by atoms with E-state index >= 15 is 0 Å². The van der Waals surface area contributed by atoms with Crippen LogP contribution in [-0.2, 0) is 4.79 Å². The number of nitriles is 1. The average molecular weight is 220 g/mol. The van der Waals surface area contributed by atoms with Gasteiger partial charge in [-0.25, -0.2) is 0 Å². The summed E-state index contributed by atoms with van der Waals surface area (Å²) in [5, 5.41) is 27.6. The van der Waals surface area contributed by atoms with Gasteiger partial charge in [0, 0.05) is 0 Å². The van der Waals surface area contributed by atoms with Crippen molar-refractivity contribution in [2.24, 2.45) is 5.73 Å². The van der Waals surface area contributed by atoms with Crippen molar-refractivity contribution in [3.05, 3.63) is 34.9 Å². The van der Waals surface area contributed by atoms with E-state index in [9.17, 15) is 15.0 Å². The summed E-state index contributed by atoms with van der Waals surface area (Å²) in [5.74, 6) is -0.991. The van der Waals surface area contributed by atoms with Gasteiger partial charge >= 0.3 is 0 Å². The van der Waals surface area contributed by atoms with E-state index in [-0.39, 0.29) is 0 Å². The lowest BCUT2D eigenvalue weighted by molar-refractivity contribution is -0.131. The molecule has 1 aromatic carbocycles. The fraction of sp³-hybridized carbons (Fsp3) is 0.273. The number of hydrogen-bond donors (Lipinski definition) is 3. The van der Waals surface area contributed by atoms with Gasteiger partial charge in [-0.3, -0.25) is 4.79 Å². The van der Waals surface area contributed by atoms with Gasteiger partial charge in [0.15, 0.2) is 6.10 Å². The standard InChI is InChI=1S/C11H12N2O3/c1-6-4-7(2-3-8(6)5-12)9(14)10(15)11(13)16/h2-4,9-10,14-15H,1H3,(H2,13,16). The molecule has 2 unspecified atom stereocenters. The van der Waals surface area contributed by atoms with Crippen LogP contribution in [0.3, 0.4) is 0 Å². The van der Waals surface area contributed by atoms with Gasteiger partial charge in [-0.15, -0.1) is 0 Å². The van der Waals surface area contributed by atoms with Crippen molar-refractivity contribution < 1.29 is 15.0 Å². The summed E-state index contributed by atoms with van der Waals surface area (Å²) < 4.78 is 0. The number of nitrogens with two attached hydrogens (primary N) is 1. The Morgan fingerprint density at radius 3 is 2.56 bits per heavy atom. The Morgan fingerprint density at radius 2 is 2.12 bits per heavy atom. The first-order valence-corrected chi connectivity index (χ1v) is 4.63. The summed E-state index contributed by atoms with van der Waals surface area (Å²) in [5.41, 5.74) is 6.36. The summed E-state index contributed by atoms with van der Waals surface area (Å²) in [4.78, 5) is 10.7. The molecule has 0 bridgehead atoms. The molecular formula is C11H12N2O3. The van der Waals surface area contributed by atoms with Crippen LogP contribution in [0, 0.1) is 18.3 Å². The summed E-state index contributed by atoms with van der Waals surface area (Å²) in [6, 6.07) is 6.50. The Bertz CT molecular complexity index is 451. The number of nitrogens with zero attached hydrogens (tertiary/aromatic N) is 1. The highest BCUT2D eigenvalue weighted by Crippen LogP contribution is 2.19. The second-order valence-corrected chi connectivity index (χ2v) is 3.48. The molecule has 0 radical (unpaired) electrons. The van der Waals surface area contributed by atoms with Gasteiger partial charge < -0.3 is 15.9 Å². The van der Waals surface area contributed by atoms with Crippen LogP contribution in [-0.4, -0.2) is 22.2 Å². The lowest BCUT2D eigenvalue weighted by Crippen LogP contribution is -2.33. The molecular weight excluding hydrogens is 208 g/mol.